The highest BCUT2D eigenvalue weighted by Gasteiger charge is 2.19. The Morgan fingerprint density at radius 3 is 3.15 bits per heavy atom. The van der Waals surface area contributed by atoms with Crippen LogP contribution in [0, 0.1) is 0 Å². The molecule has 1 atom stereocenters. The van der Waals surface area contributed by atoms with Gasteiger partial charge in [-0.15, -0.1) is 0 Å². The van der Waals surface area contributed by atoms with Gasteiger partial charge >= 0.3 is 0 Å². The predicted molar refractivity (Wildman–Crippen MR) is 78.6 cm³/mol. The molecule has 1 N–H and O–H groups in total. The molecule has 4 heteroatoms. The van der Waals surface area contributed by atoms with Crippen molar-refractivity contribution in [2.45, 2.75) is 18.9 Å². The number of hydrogen-bond donors (Lipinski definition) is 1. The summed E-state index contributed by atoms with van der Waals surface area (Å²) in [5.74, 6) is 0. The number of ether oxygens (including phenoxy) is 1. The Morgan fingerprint density at radius 1 is 1.40 bits per heavy atom. The van der Waals surface area contributed by atoms with E-state index in [1.54, 1.807) is 0 Å². The maximum atomic E-state index is 5.88. The lowest BCUT2D eigenvalue weighted by atomic mass is 9.97. The Hall–Kier alpha value is -1.65. The summed E-state index contributed by atoms with van der Waals surface area (Å²) in [4.78, 5) is 0. The fourth-order valence-electron chi connectivity index (χ4n) is 2.71. The first kappa shape index (κ1) is 13.3. The number of aryl methyl sites for hydroxylation is 1. The van der Waals surface area contributed by atoms with Gasteiger partial charge in [0.15, 0.2) is 0 Å². The van der Waals surface area contributed by atoms with Crippen molar-refractivity contribution in [3.05, 3.63) is 53.3 Å². The van der Waals surface area contributed by atoms with Crippen LogP contribution in [0.25, 0.3) is 0 Å². The van der Waals surface area contributed by atoms with Crippen molar-refractivity contribution in [2.24, 2.45) is 7.05 Å². The molecule has 0 fully saturated rings. The highest BCUT2D eigenvalue weighted by Crippen LogP contribution is 2.26. The van der Waals surface area contributed by atoms with Gasteiger partial charge in [0.25, 0.3) is 0 Å². The molecule has 1 unspecified atom stereocenters. The SMILES string of the molecule is Cn1cc(CCNCC2OCCc3ccccc32)cn1. The van der Waals surface area contributed by atoms with E-state index in [-0.39, 0.29) is 6.10 Å². The second kappa shape index (κ2) is 6.20. The van der Waals surface area contributed by atoms with Gasteiger partial charge in [-0.3, -0.25) is 4.68 Å². The normalized spacial score (nSPS) is 17.9. The van der Waals surface area contributed by atoms with Gasteiger partial charge < -0.3 is 10.1 Å². The Bertz CT molecular complexity index is 564. The van der Waals surface area contributed by atoms with E-state index in [1.165, 1.54) is 16.7 Å². The van der Waals surface area contributed by atoms with Gasteiger partial charge in [0.2, 0.25) is 0 Å². The molecule has 4 nitrogen and oxygen atoms in total. The van der Waals surface area contributed by atoms with E-state index in [2.05, 4.69) is 40.9 Å². The zero-order valence-electron chi connectivity index (χ0n) is 11.9. The Labute approximate surface area is 119 Å². The Balaban J connectivity index is 1.50. The van der Waals surface area contributed by atoms with Gasteiger partial charge in [0.1, 0.15) is 0 Å². The molecule has 3 rings (SSSR count). The molecule has 106 valence electrons. The van der Waals surface area contributed by atoms with Crippen LogP contribution in [0.5, 0.6) is 0 Å². The fourth-order valence-corrected chi connectivity index (χ4v) is 2.71. The monoisotopic (exact) mass is 271 g/mol. The first-order valence-corrected chi connectivity index (χ1v) is 7.20. The van der Waals surface area contributed by atoms with Crippen LogP contribution in [-0.4, -0.2) is 29.5 Å². The number of nitrogens with zero attached hydrogens (tertiary/aromatic N) is 2. The van der Waals surface area contributed by atoms with Crippen LogP contribution >= 0.6 is 0 Å². The molecule has 0 amide bonds. The van der Waals surface area contributed by atoms with E-state index in [1.807, 2.05) is 17.9 Å². The molecular formula is C16H21N3O. The maximum absolute atomic E-state index is 5.88. The third-order valence-corrected chi connectivity index (χ3v) is 3.77. The number of benzene rings is 1. The summed E-state index contributed by atoms with van der Waals surface area (Å²) in [6.07, 6.45) is 6.21. The van der Waals surface area contributed by atoms with Crippen molar-refractivity contribution in [3.8, 4) is 0 Å². The van der Waals surface area contributed by atoms with Gasteiger partial charge in [-0.2, -0.15) is 5.10 Å². The molecule has 0 saturated heterocycles. The van der Waals surface area contributed by atoms with Crippen LogP contribution in [0.2, 0.25) is 0 Å². The predicted octanol–water partition coefficient (Wildman–Crippen LogP) is 1.87. The summed E-state index contributed by atoms with van der Waals surface area (Å²) in [6.45, 7) is 2.65. The van der Waals surface area contributed by atoms with E-state index in [0.717, 1.165) is 32.5 Å². The van der Waals surface area contributed by atoms with E-state index in [4.69, 9.17) is 4.74 Å². The summed E-state index contributed by atoms with van der Waals surface area (Å²) in [6, 6.07) is 8.59. The van der Waals surface area contributed by atoms with Crippen molar-refractivity contribution in [1.29, 1.82) is 0 Å². The fraction of sp³-hybridized carbons (Fsp3) is 0.438. The molecule has 0 bridgehead atoms. The lowest BCUT2D eigenvalue weighted by Crippen LogP contribution is -2.28. The zero-order valence-corrected chi connectivity index (χ0v) is 11.9. The van der Waals surface area contributed by atoms with E-state index >= 15 is 0 Å². The average Bonchev–Trinajstić information content (AvgIpc) is 2.89. The van der Waals surface area contributed by atoms with Crippen LogP contribution in [-0.2, 0) is 24.6 Å². The number of fused-ring (bicyclic) bond motifs is 1. The summed E-state index contributed by atoms with van der Waals surface area (Å²) in [5, 5.41) is 7.67. The lowest BCUT2D eigenvalue weighted by Gasteiger charge is -2.26. The molecule has 0 radical (unpaired) electrons. The average molecular weight is 271 g/mol. The van der Waals surface area contributed by atoms with Crippen molar-refractivity contribution >= 4 is 0 Å². The summed E-state index contributed by atoms with van der Waals surface area (Å²) < 4.78 is 7.72. The molecule has 20 heavy (non-hydrogen) atoms. The van der Waals surface area contributed by atoms with Crippen LogP contribution in [0.15, 0.2) is 36.7 Å². The van der Waals surface area contributed by atoms with Crippen molar-refractivity contribution in [1.82, 2.24) is 15.1 Å². The van der Waals surface area contributed by atoms with E-state index < -0.39 is 0 Å². The van der Waals surface area contributed by atoms with Gasteiger partial charge in [-0.05, 0) is 36.1 Å². The van der Waals surface area contributed by atoms with Crippen LogP contribution in [0.4, 0.5) is 0 Å². The van der Waals surface area contributed by atoms with Gasteiger partial charge in [-0.1, -0.05) is 24.3 Å². The molecule has 1 aliphatic rings. The lowest BCUT2D eigenvalue weighted by molar-refractivity contribution is 0.0427. The highest BCUT2D eigenvalue weighted by atomic mass is 16.5. The molecular weight excluding hydrogens is 250 g/mol. The largest absolute Gasteiger partial charge is 0.372 e. The smallest absolute Gasteiger partial charge is 0.0952 e. The standard InChI is InChI=1S/C16H21N3O/c1-19-12-13(10-18-19)6-8-17-11-16-15-5-3-2-4-14(15)7-9-20-16/h2-5,10,12,16-17H,6-9,11H2,1H3. The van der Waals surface area contributed by atoms with Crippen LogP contribution in [0.3, 0.4) is 0 Å². The molecule has 1 aromatic heterocycles. The molecule has 2 heterocycles. The summed E-state index contributed by atoms with van der Waals surface area (Å²) in [5.41, 5.74) is 4.04. The van der Waals surface area contributed by atoms with E-state index in [9.17, 15) is 0 Å². The second-order valence-electron chi connectivity index (χ2n) is 5.28. The topological polar surface area (TPSA) is 39.1 Å². The molecule has 0 aliphatic carbocycles. The Kier molecular flexibility index (Phi) is 4.14. The minimum Gasteiger partial charge on any atom is -0.372 e. The van der Waals surface area contributed by atoms with Gasteiger partial charge in [0.05, 0.1) is 18.9 Å². The first-order chi connectivity index (χ1) is 9.83. The van der Waals surface area contributed by atoms with Crippen LogP contribution in [0.1, 0.15) is 22.8 Å². The van der Waals surface area contributed by atoms with Crippen molar-refractivity contribution in [3.63, 3.8) is 0 Å². The second-order valence-corrected chi connectivity index (χ2v) is 5.28. The number of hydrogen-bond acceptors (Lipinski definition) is 3. The number of rotatable bonds is 5. The van der Waals surface area contributed by atoms with Gasteiger partial charge in [0, 0.05) is 19.8 Å². The van der Waals surface area contributed by atoms with Gasteiger partial charge in [-0.25, -0.2) is 0 Å². The van der Waals surface area contributed by atoms with Crippen molar-refractivity contribution < 1.29 is 4.74 Å². The number of aromatic nitrogens is 2. The number of nitrogens with one attached hydrogen (secondary N) is 1. The molecule has 0 spiro atoms. The Morgan fingerprint density at radius 2 is 2.30 bits per heavy atom. The summed E-state index contributed by atoms with van der Waals surface area (Å²) >= 11 is 0. The maximum Gasteiger partial charge on any atom is 0.0952 e. The minimum atomic E-state index is 0.189. The molecule has 1 aliphatic heterocycles. The summed E-state index contributed by atoms with van der Waals surface area (Å²) in [7, 11) is 1.95. The zero-order chi connectivity index (χ0) is 13.8. The van der Waals surface area contributed by atoms with E-state index in [0.29, 0.717) is 0 Å². The third-order valence-electron chi connectivity index (χ3n) is 3.77. The third kappa shape index (κ3) is 3.08. The molecule has 1 aromatic carbocycles. The minimum absolute atomic E-state index is 0.189. The quantitative estimate of drug-likeness (QED) is 0.844. The highest BCUT2D eigenvalue weighted by molar-refractivity contribution is 5.31. The first-order valence-electron chi connectivity index (χ1n) is 7.20. The molecule has 2 aromatic rings. The molecule has 0 saturated carbocycles. The van der Waals surface area contributed by atoms with Crippen LogP contribution < -0.4 is 5.32 Å². The van der Waals surface area contributed by atoms with Crippen molar-refractivity contribution in [2.75, 3.05) is 19.7 Å².